The van der Waals surface area contributed by atoms with Crippen LogP contribution in [0.4, 0.5) is 5.69 Å². The monoisotopic (exact) mass is 264 g/mol. The number of hydrogen-bond acceptors (Lipinski definition) is 3. The van der Waals surface area contributed by atoms with Gasteiger partial charge in [0, 0.05) is 16.2 Å². The van der Waals surface area contributed by atoms with E-state index in [1.807, 2.05) is 44.2 Å². The zero-order chi connectivity index (χ0) is 14.1. The van der Waals surface area contributed by atoms with E-state index in [-0.39, 0.29) is 0 Å². The molecule has 0 aliphatic heterocycles. The fourth-order valence-electron chi connectivity index (χ4n) is 2.05. The van der Waals surface area contributed by atoms with Gasteiger partial charge in [0.2, 0.25) is 5.89 Å². The molecule has 0 spiro atoms. The quantitative estimate of drug-likeness (QED) is 0.369. The Balaban J connectivity index is 2.15. The summed E-state index contributed by atoms with van der Waals surface area (Å²) in [4.78, 5) is 7.28. The van der Waals surface area contributed by atoms with Crippen LogP contribution in [0.15, 0.2) is 45.9 Å². The van der Waals surface area contributed by atoms with Crippen molar-refractivity contribution in [2.24, 2.45) is 5.11 Å². The van der Waals surface area contributed by atoms with Crippen LogP contribution in [0.25, 0.3) is 33.0 Å². The highest BCUT2D eigenvalue weighted by molar-refractivity contribution is 5.77. The second-order valence-electron chi connectivity index (χ2n) is 4.68. The molecule has 0 aliphatic carbocycles. The fourth-order valence-corrected chi connectivity index (χ4v) is 2.05. The van der Waals surface area contributed by atoms with Gasteiger partial charge in [-0.3, -0.25) is 0 Å². The molecule has 20 heavy (non-hydrogen) atoms. The Morgan fingerprint density at radius 1 is 1.15 bits per heavy atom. The summed E-state index contributed by atoms with van der Waals surface area (Å²) in [5, 5.41) is 3.67. The Morgan fingerprint density at radius 2 is 2.00 bits per heavy atom. The van der Waals surface area contributed by atoms with E-state index in [2.05, 4.69) is 15.0 Å². The predicted octanol–water partition coefficient (Wildman–Crippen LogP) is 5.05. The highest BCUT2D eigenvalue weighted by Crippen LogP contribution is 2.29. The number of hydrogen-bond donors (Lipinski definition) is 0. The van der Waals surface area contributed by atoms with Crippen molar-refractivity contribution in [1.29, 1.82) is 0 Å². The number of nitrogens with zero attached hydrogens (tertiary/aromatic N) is 4. The van der Waals surface area contributed by atoms with E-state index in [0.717, 1.165) is 27.8 Å². The molecule has 0 unspecified atom stereocenters. The maximum absolute atomic E-state index is 8.57. The summed E-state index contributed by atoms with van der Waals surface area (Å²) in [5.41, 5.74) is 13.6. The molecule has 0 radical (unpaired) electrons. The molecule has 0 N–H and O–H groups in total. The summed E-state index contributed by atoms with van der Waals surface area (Å²) >= 11 is 0. The topological polar surface area (TPSA) is 74.8 Å². The van der Waals surface area contributed by atoms with Gasteiger partial charge in [0.15, 0.2) is 5.58 Å². The first-order chi connectivity index (χ1) is 9.67. The number of oxazole rings is 1. The average Bonchev–Trinajstić information content (AvgIpc) is 2.84. The SMILES string of the molecule is Cc1ccc2nc(-c3ccc(C)c(N=[N+]=[N-])c3)oc2c1. The Bertz CT molecular complexity index is 844. The van der Waals surface area contributed by atoms with Gasteiger partial charge in [-0.05, 0) is 54.8 Å². The maximum atomic E-state index is 8.57. The lowest BCUT2D eigenvalue weighted by atomic mass is 10.1. The number of azide groups is 1. The van der Waals surface area contributed by atoms with E-state index in [1.165, 1.54) is 0 Å². The minimum absolute atomic E-state index is 0.528. The van der Waals surface area contributed by atoms with Crippen molar-refractivity contribution in [2.75, 3.05) is 0 Å². The normalized spacial score (nSPS) is 10.5. The van der Waals surface area contributed by atoms with Gasteiger partial charge in [0.25, 0.3) is 0 Å². The second kappa shape index (κ2) is 4.72. The van der Waals surface area contributed by atoms with Crippen molar-refractivity contribution in [1.82, 2.24) is 4.98 Å². The van der Waals surface area contributed by atoms with Crippen LogP contribution in [0.5, 0.6) is 0 Å². The van der Waals surface area contributed by atoms with Crippen molar-refractivity contribution in [2.45, 2.75) is 13.8 Å². The van der Waals surface area contributed by atoms with E-state index in [0.29, 0.717) is 11.6 Å². The largest absolute Gasteiger partial charge is 0.436 e. The van der Waals surface area contributed by atoms with Gasteiger partial charge >= 0.3 is 0 Å². The van der Waals surface area contributed by atoms with Crippen molar-refractivity contribution in [3.05, 3.63) is 58.0 Å². The van der Waals surface area contributed by atoms with Crippen molar-refractivity contribution in [3.63, 3.8) is 0 Å². The minimum atomic E-state index is 0.528. The maximum Gasteiger partial charge on any atom is 0.227 e. The average molecular weight is 264 g/mol. The third-order valence-electron chi connectivity index (χ3n) is 3.15. The molecular weight excluding hydrogens is 252 g/mol. The molecule has 0 aliphatic rings. The molecular formula is C15H12N4O. The fraction of sp³-hybridized carbons (Fsp3) is 0.133. The number of benzene rings is 2. The van der Waals surface area contributed by atoms with Gasteiger partial charge in [-0.2, -0.15) is 0 Å². The number of rotatable bonds is 2. The van der Waals surface area contributed by atoms with Gasteiger partial charge < -0.3 is 4.42 Å². The van der Waals surface area contributed by atoms with Crippen LogP contribution in [0.2, 0.25) is 0 Å². The molecule has 0 saturated carbocycles. The number of fused-ring (bicyclic) bond motifs is 1. The molecule has 0 fully saturated rings. The lowest BCUT2D eigenvalue weighted by molar-refractivity contribution is 0.619. The third kappa shape index (κ3) is 2.11. The van der Waals surface area contributed by atoms with Crippen LogP contribution >= 0.6 is 0 Å². The molecule has 5 nitrogen and oxygen atoms in total. The second-order valence-corrected chi connectivity index (χ2v) is 4.68. The smallest absolute Gasteiger partial charge is 0.227 e. The van der Waals surface area contributed by atoms with Gasteiger partial charge in [0.1, 0.15) is 5.52 Å². The molecule has 3 rings (SSSR count). The Hall–Kier alpha value is -2.78. The van der Waals surface area contributed by atoms with Gasteiger partial charge in [-0.1, -0.05) is 17.2 Å². The molecule has 1 aromatic heterocycles. The van der Waals surface area contributed by atoms with E-state index in [1.54, 1.807) is 6.07 Å². The summed E-state index contributed by atoms with van der Waals surface area (Å²) in [5.74, 6) is 0.528. The standard InChI is InChI=1S/C15H12N4O/c1-9-3-6-12-14(7-9)20-15(17-12)11-5-4-10(2)13(8-11)18-19-16/h3-8H,1-2H3. The molecule has 0 bridgehead atoms. The summed E-state index contributed by atoms with van der Waals surface area (Å²) in [6, 6.07) is 11.5. The van der Waals surface area contributed by atoms with Gasteiger partial charge in [-0.15, -0.1) is 0 Å². The third-order valence-corrected chi connectivity index (χ3v) is 3.15. The van der Waals surface area contributed by atoms with Crippen molar-refractivity contribution < 1.29 is 4.42 Å². The Morgan fingerprint density at radius 3 is 2.80 bits per heavy atom. The first-order valence-corrected chi connectivity index (χ1v) is 6.21. The van der Waals surface area contributed by atoms with E-state index in [9.17, 15) is 0 Å². The van der Waals surface area contributed by atoms with Gasteiger partial charge in [-0.25, -0.2) is 4.98 Å². The highest BCUT2D eigenvalue weighted by atomic mass is 16.3. The van der Waals surface area contributed by atoms with Crippen LogP contribution in [0.3, 0.4) is 0 Å². The summed E-state index contributed by atoms with van der Waals surface area (Å²) in [7, 11) is 0. The van der Waals surface area contributed by atoms with Crippen molar-refractivity contribution >= 4 is 16.8 Å². The molecule has 5 heteroatoms. The van der Waals surface area contributed by atoms with Crippen molar-refractivity contribution in [3.8, 4) is 11.5 Å². The van der Waals surface area contributed by atoms with Crippen LogP contribution in [0, 0.1) is 13.8 Å². The number of aromatic nitrogens is 1. The summed E-state index contributed by atoms with van der Waals surface area (Å²) < 4.78 is 5.76. The predicted molar refractivity (Wildman–Crippen MR) is 77.7 cm³/mol. The Labute approximate surface area is 115 Å². The van der Waals surface area contributed by atoms with Crippen LogP contribution in [-0.2, 0) is 0 Å². The first kappa shape index (κ1) is 12.3. The number of aryl methyl sites for hydroxylation is 2. The summed E-state index contributed by atoms with van der Waals surface area (Å²) in [6.45, 7) is 3.90. The van der Waals surface area contributed by atoms with E-state index in [4.69, 9.17) is 9.95 Å². The molecule has 0 saturated heterocycles. The lowest BCUT2D eigenvalue weighted by Gasteiger charge is -2.00. The molecule has 98 valence electrons. The highest BCUT2D eigenvalue weighted by Gasteiger charge is 2.09. The summed E-state index contributed by atoms with van der Waals surface area (Å²) in [6.07, 6.45) is 0. The molecule has 0 atom stereocenters. The van der Waals surface area contributed by atoms with Crippen LogP contribution in [-0.4, -0.2) is 4.98 Å². The molecule has 1 heterocycles. The zero-order valence-electron chi connectivity index (χ0n) is 11.2. The Kier molecular flexibility index (Phi) is 2.89. The zero-order valence-corrected chi connectivity index (χ0v) is 11.2. The van der Waals surface area contributed by atoms with E-state index < -0.39 is 0 Å². The molecule has 2 aromatic carbocycles. The van der Waals surface area contributed by atoms with Crippen LogP contribution in [0.1, 0.15) is 11.1 Å². The molecule has 3 aromatic rings. The molecule has 0 amide bonds. The lowest BCUT2D eigenvalue weighted by Crippen LogP contribution is -1.79. The van der Waals surface area contributed by atoms with Crippen LogP contribution < -0.4 is 0 Å². The first-order valence-electron chi connectivity index (χ1n) is 6.21. The van der Waals surface area contributed by atoms with Gasteiger partial charge in [0.05, 0.1) is 0 Å². The van der Waals surface area contributed by atoms with E-state index >= 15 is 0 Å². The minimum Gasteiger partial charge on any atom is -0.436 e.